The fourth-order valence-electron chi connectivity index (χ4n) is 1.13. The summed E-state index contributed by atoms with van der Waals surface area (Å²) in [6, 6.07) is 2.67. The van der Waals surface area contributed by atoms with E-state index in [2.05, 4.69) is 4.98 Å². The molecule has 0 amide bonds. The predicted octanol–water partition coefficient (Wildman–Crippen LogP) is 0.736. The van der Waals surface area contributed by atoms with Gasteiger partial charge in [-0.05, 0) is 11.5 Å². The molecule has 0 saturated carbocycles. The van der Waals surface area contributed by atoms with Gasteiger partial charge in [0, 0.05) is 18.2 Å². The zero-order chi connectivity index (χ0) is 10.0. The molecule has 0 fully saturated rings. The molecule has 0 saturated heterocycles. The van der Waals surface area contributed by atoms with Crippen molar-refractivity contribution >= 4 is 0 Å². The van der Waals surface area contributed by atoms with Crippen molar-refractivity contribution in [1.29, 1.82) is 0 Å². The molecule has 1 aromatic rings. The summed E-state index contributed by atoms with van der Waals surface area (Å²) < 4.78 is 0. The summed E-state index contributed by atoms with van der Waals surface area (Å²) in [7, 11) is 0. The topological polar surface area (TPSA) is 79.1 Å². The van der Waals surface area contributed by atoms with Crippen LogP contribution in [0.25, 0.3) is 0 Å². The maximum Gasteiger partial charge on any atom is 0.250 e. The Morgan fingerprint density at radius 2 is 2.08 bits per heavy atom. The van der Waals surface area contributed by atoms with Crippen LogP contribution in [0, 0.1) is 5.92 Å². The van der Waals surface area contributed by atoms with Gasteiger partial charge in [0.25, 0.3) is 5.56 Å². The van der Waals surface area contributed by atoms with E-state index >= 15 is 0 Å². The Balaban J connectivity index is 3.08. The number of aromatic hydroxyl groups is 1. The van der Waals surface area contributed by atoms with Crippen molar-refractivity contribution in [2.75, 3.05) is 0 Å². The van der Waals surface area contributed by atoms with Gasteiger partial charge in [-0.1, -0.05) is 13.8 Å². The Morgan fingerprint density at radius 1 is 1.46 bits per heavy atom. The van der Waals surface area contributed by atoms with Crippen LogP contribution in [0.2, 0.25) is 0 Å². The highest BCUT2D eigenvalue weighted by molar-refractivity contribution is 5.22. The zero-order valence-electron chi connectivity index (χ0n) is 7.74. The lowest BCUT2D eigenvalue weighted by molar-refractivity contribution is 0.446. The largest absolute Gasteiger partial charge is 0.495 e. The van der Waals surface area contributed by atoms with Crippen molar-refractivity contribution in [1.82, 2.24) is 4.98 Å². The molecule has 0 aromatic carbocycles. The Hall–Kier alpha value is -1.29. The molecule has 72 valence electrons. The summed E-state index contributed by atoms with van der Waals surface area (Å²) in [5.74, 6) is 0.0970. The number of pyridine rings is 1. The van der Waals surface area contributed by atoms with Crippen LogP contribution < -0.4 is 11.3 Å². The minimum absolute atomic E-state index is 0.140. The van der Waals surface area contributed by atoms with Crippen LogP contribution in [0.15, 0.2) is 16.9 Å². The minimum atomic E-state index is -0.328. The highest BCUT2D eigenvalue weighted by Gasteiger charge is 2.11. The first kappa shape index (κ1) is 9.80. The molecule has 4 heteroatoms. The van der Waals surface area contributed by atoms with Crippen LogP contribution in [-0.4, -0.2) is 10.1 Å². The molecule has 0 bridgehead atoms. The van der Waals surface area contributed by atoms with E-state index in [-0.39, 0.29) is 23.4 Å². The number of nitrogens with two attached hydrogens (primary N) is 1. The number of hydrogen-bond acceptors (Lipinski definition) is 3. The van der Waals surface area contributed by atoms with E-state index in [0.717, 1.165) is 0 Å². The van der Waals surface area contributed by atoms with Crippen molar-refractivity contribution < 1.29 is 5.11 Å². The maximum atomic E-state index is 11.0. The van der Waals surface area contributed by atoms with Crippen molar-refractivity contribution in [3.8, 4) is 5.88 Å². The lowest BCUT2D eigenvalue weighted by atomic mass is 9.98. The van der Waals surface area contributed by atoms with Gasteiger partial charge in [-0.25, -0.2) is 0 Å². The predicted molar refractivity (Wildman–Crippen MR) is 50.5 cm³/mol. The first-order valence-electron chi connectivity index (χ1n) is 4.19. The van der Waals surface area contributed by atoms with Crippen LogP contribution in [0.3, 0.4) is 0 Å². The van der Waals surface area contributed by atoms with E-state index in [4.69, 9.17) is 10.8 Å². The average Bonchev–Trinajstić information content (AvgIpc) is 2.01. The summed E-state index contributed by atoms with van der Waals surface area (Å²) in [6.45, 7) is 3.92. The molecule has 0 unspecified atom stereocenters. The van der Waals surface area contributed by atoms with Gasteiger partial charge in [0.1, 0.15) is 0 Å². The van der Waals surface area contributed by atoms with Crippen LogP contribution in [-0.2, 0) is 0 Å². The van der Waals surface area contributed by atoms with E-state index in [1.54, 1.807) is 0 Å². The molecule has 0 spiro atoms. The molecule has 1 aromatic heterocycles. The van der Waals surface area contributed by atoms with Crippen LogP contribution in [0.1, 0.15) is 25.5 Å². The van der Waals surface area contributed by atoms with E-state index < -0.39 is 0 Å². The van der Waals surface area contributed by atoms with E-state index in [1.165, 1.54) is 12.1 Å². The molecule has 0 radical (unpaired) electrons. The van der Waals surface area contributed by atoms with Gasteiger partial charge in [0.15, 0.2) is 5.88 Å². The second-order valence-corrected chi connectivity index (χ2v) is 3.43. The standard InChI is InChI=1S/C9H14N2O2/c1-5(2)9(10)6-3-7(12)11-8(13)4-6/h3-5,9H,10H2,1-2H3,(H2,11,12,13)/t9-/m1/s1. The number of hydrogen-bond donors (Lipinski definition) is 3. The van der Waals surface area contributed by atoms with Crippen molar-refractivity contribution in [3.05, 3.63) is 28.0 Å². The highest BCUT2D eigenvalue weighted by atomic mass is 16.3. The van der Waals surface area contributed by atoms with E-state index in [0.29, 0.717) is 5.56 Å². The number of rotatable bonds is 2. The van der Waals surface area contributed by atoms with Crippen molar-refractivity contribution in [2.45, 2.75) is 19.9 Å². The molecule has 1 atom stereocenters. The molecule has 1 rings (SSSR count). The lowest BCUT2D eigenvalue weighted by Crippen LogP contribution is -2.19. The number of H-pyrrole nitrogens is 1. The third kappa shape index (κ3) is 2.32. The second kappa shape index (κ2) is 3.62. The number of aromatic nitrogens is 1. The molecule has 0 aliphatic rings. The fourth-order valence-corrected chi connectivity index (χ4v) is 1.13. The van der Waals surface area contributed by atoms with Crippen LogP contribution >= 0.6 is 0 Å². The van der Waals surface area contributed by atoms with E-state index in [9.17, 15) is 4.79 Å². The Bertz CT molecular complexity index is 344. The SMILES string of the molecule is CC(C)[C@@H](N)c1cc(O)[nH]c(=O)c1. The molecular weight excluding hydrogens is 168 g/mol. The monoisotopic (exact) mass is 182 g/mol. The van der Waals surface area contributed by atoms with Gasteiger partial charge in [-0.15, -0.1) is 0 Å². The van der Waals surface area contributed by atoms with Crippen LogP contribution in [0.4, 0.5) is 0 Å². The first-order chi connectivity index (χ1) is 6.00. The minimum Gasteiger partial charge on any atom is -0.495 e. The zero-order valence-corrected chi connectivity index (χ0v) is 7.74. The Labute approximate surface area is 76.4 Å². The maximum absolute atomic E-state index is 11.0. The fraction of sp³-hybridized carbons (Fsp3) is 0.444. The van der Waals surface area contributed by atoms with E-state index in [1.807, 2.05) is 13.8 Å². The van der Waals surface area contributed by atoms with Gasteiger partial charge in [0.05, 0.1) is 0 Å². The molecular formula is C9H14N2O2. The van der Waals surface area contributed by atoms with Crippen molar-refractivity contribution in [3.63, 3.8) is 0 Å². The quantitative estimate of drug-likeness (QED) is 0.631. The van der Waals surface area contributed by atoms with Gasteiger partial charge >= 0.3 is 0 Å². The normalized spacial score (nSPS) is 13.2. The molecule has 0 aliphatic carbocycles. The summed E-state index contributed by atoms with van der Waals surface area (Å²) in [4.78, 5) is 13.2. The van der Waals surface area contributed by atoms with Gasteiger partial charge in [0.2, 0.25) is 0 Å². The summed E-state index contributed by atoms with van der Waals surface area (Å²) >= 11 is 0. The lowest BCUT2D eigenvalue weighted by Gasteiger charge is -2.15. The van der Waals surface area contributed by atoms with Gasteiger partial charge < -0.3 is 10.8 Å². The van der Waals surface area contributed by atoms with Gasteiger partial charge in [-0.3, -0.25) is 9.78 Å². The average molecular weight is 182 g/mol. The molecule has 1 heterocycles. The second-order valence-electron chi connectivity index (χ2n) is 3.43. The first-order valence-corrected chi connectivity index (χ1v) is 4.19. The molecule has 4 nitrogen and oxygen atoms in total. The number of nitrogens with one attached hydrogen (secondary N) is 1. The van der Waals surface area contributed by atoms with Crippen molar-refractivity contribution in [2.24, 2.45) is 11.7 Å². The Morgan fingerprint density at radius 3 is 2.54 bits per heavy atom. The summed E-state index contributed by atoms with van der Waals surface area (Å²) in [5, 5.41) is 9.11. The molecule has 4 N–H and O–H groups in total. The summed E-state index contributed by atoms with van der Waals surface area (Å²) in [6.07, 6.45) is 0. The third-order valence-electron chi connectivity index (χ3n) is 1.96. The third-order valence-corrected chi connectivity index (χ3v) is 1.96. The summed E-state index contributed by atoms with van der Waals surface area (Å²) in [5.41, 5.74) is 6.15. The van der Waals surface area contributed by atoms with Crippen LogP contribution in [0.5, 0.6) is 5.88 Å². The Kier molecular flexibility index (Phi) is 2.72. The molecule has 0 aliphatic heterocycles. The molecule has 13 heavy (non-hydrogen) atoms. The highest BCUT2D eigenvalue weighted by Crippen LogP contribution is 2.18. The van der Waals surface area contributed by atoms with Gasteiger partial charge in [-0.2, -0.15) is 0 Å². The smallest absolute Gasteiger partial charge is 0.250 e. The number of aromatic amines is 1.